The summed E-state index contributed by atoms with van der Waals surface area (Å²) in [7, 11) is 0. The number of aromatic nitrogens is 1. The largest absolute Gasteiger partial charge is 0.353 e. The Morgan fingerprint density at radius 2 is 1.62 bits per heavy atom. The molecule has 1 fully saturated rings. The summed E-state index contributed by atoms with van der Waals surface area (Å²) in [5, 5.41) is 0. The Labute approximate surface area is 237 Å². The fourth-order valence-corrected chi connectivity index (χ4v) is 5.05. The molecule has 2 aromatic carbocycles. The molecule has 2 heterocycles. The molecular weight excluding hydrogens is 562 g/mol. The number of amides is 1. The number of carbonyl (C=O) groups is 1. The summed E-state index contributed by atoms with van der Waals surface area (Å²) < 4.78 is 28.0. The van der Waals surface area contributed by atoms with Crippen LogP contribution >= 0.6 is 15.9 Å². The van der Waals surface area contributed by atoms with Crippen molar-refractivity contribution in [2.45, 2.75) is 38.6 Å². The standard InChI is InChI=1S/C31H33BrF2N4O/c1-3-28(24-9-13-27(34)14-10-24)36-29(22(2)23-7-11-26(33)12-8-23)5-4-6-31(39)38-19-17-37(18-20-38)30-21-25(32)15-16-35-30/h7-16,21,29H,2-6,17-20H2,1H3. The van der Waals surface area contributed by atoms with Gasteiger partial charge in [0.05, 0.1) is 6.04 Å². The van der Waals surface area contributed by atoms with Gasteiger partial charge in [0.2, 0.25) is 5.91 Å². The van der Waals surface area contributed by atoms with E-state index in [9.17, 15) is 13.6 Å². The first-order valence-corrected chi connectivity index (χ1v) is 14.0. The Morgan fingerprint density at radius 3 is 2.21 bits per heavy atom. The number of anilines is 1. The predicted molar refractivity (Wildman–Crippen MR) is 157 cm³/mol. The molecule has 8 heteroatoms. The van der Waals surface area contributed by atoms with Crippen molar-refractivity contribution in [1.29, 1.82) is 0 Å². The Hall–Kier alpha value is -3.39. The number of halogens is 3. The van der Waals surface area contributed by atoms with Gasteiger partial charge in [-0.2, -0.15) is 0 Å². The van der Waals surface area contributed by atoms with E-state index in [1.54, 1.807) is 30.5 Å². The van der Waals surface area contributed by atoms with Gasteiger partial charge in [0, 0.05) is 49.0 Å². The normalized spacial score (nSPS) is 14.8. The van der Waals surface area contributed by atoms with Gasteiger partial charge < -0.3 is 9.80 Å². The van der Waals surface area contributed by atoms with E-state index in [4.69, 9.17) is 4.99 Å². The van der Waals surface area contributed by atoms with Gasteiger partial charge in [0.25, 0.3) is 0 Å². The maximum atomic E-state index is 13.5. The third-order valence-electron chi connectivity index (χ3n) is 6.97. The fraction of sp³-hybridized carbons (Fsp3) is 0.323. The fourth-order valence-electron chi connectivity index (χ4n) is 4.73. The molecule has 1 aliphatic heterocycles. The summed E-state index contributed by atoms with van der Waals surface area (Å²) in [6.45, 7) is 9.07. The number of pyridine rings is 1. The van der Waals surface area contributed by atoms with Gasteiger partial charge in [-0.1, -0.05) is 53.7 Å². The lowest BCUT2D eigenvalue weighted by Crippen LogP contribution is -2.49. The smallest absolute Gasteiger partial charge is 0.222 e. The third-order valence-corrected chi connectivity index (χ3v) is 7.47. The van der Waals surface area contributed by atoms with Crippen LogP contribution in [0.1, 0.15) is 43.7 Å². The second kappa shape index (κ2) is 13.6. The van der Waals surface area contributed by atoms with Gasteiger partial charge in [-0.05, 0) is 72.4 Å². The van der Waals surface area contributed by atoms with Crippen molar-refractivity contribution < 1.29 is 13.6 Å². The minimum atomic E-state index is -0.312. The van der Waals surface area contributed by atoms with Gasteiger partial charge in [0.1, 0.15) is 17.5 Å². The molecule has 0 N–H and O–H groups in total. The van der Waals surface area contributed by atoms with E-state index in [0.717, 1.165) is 45.8 Å². The highest BCUT2D eigenvalue weighted by Gasteiger charge is 2.23. The number of carbonyl (C=O) groups excluding carboxylic acids is 1. The SMILES string of the molecule is C=C(c1ccc(F)cc1)C(CCCC(=O)N1CCN(c2cc(Br)ccn2)CC1)N=C(CC)c1ccc(F)cc1. The molecule has 0 saturated carbocycles. The van der Waals surface area contributed by atoms with Crippen molar-refractivity contribution in [2.24, 2.45) is 4.99 Å². The van der Waals surface area contributed by atoms with E-state index in [1.807, 2.05) is 24.0 Å². The van der Waals surface area contributed by atoms with Crippen molar-refractivity contribution in [3.8, 4) is 0 Å². The van der Waals surface area contributed by atoms with Crippen LogP contribution in [0.2, 0.25) is 0 Å². The first-order chi connectivity index (χ1) is 18.8. The predicted octanol–water partition coefficient (Wildman–Crippen LogP) is 6.92. The zero-order valence-corrected chi connectivity index (χ0v) is 23.7. The van der Waals surface area contributed by atoms with Crippen LogP contribution in [0, 0.1) is 11.6 Å². The molecule has 5 nitrogen and oxygen atoms in total. The molecule has 0 aliphatic carbocycles. The van der Waals surface area contributed by atoms with E-state index >= 15 is 0 Å². The van der Waals surface area contributed by atoms with E-state index in [1.165, 1.54) is 24.3 Å². The lowest BCUT2D eigenvalue weighted by molar-refractivity contribution is -0.131. The van der Waals surface area contributed by atoms with Gasteiger partial charge in [-0.3, -0.25) is 9.79 Å². The van der Waals surface area contributed by atoms with E-state index in [0.29, 0.717) is 38.8 Å². The average Bonchev–Trinajstić information content (AvgIpc) is 2.95. The second-order valence-electron chi connectivity index (χ2n) is 9.58. The average molecular weight is 596 g/mol. The minimum Gasteiger partial charge on any atom is -0.353 e. The molecule has 1 atom stereocenters. The molecule has 0 spiro atoms. The van der Waals surface area contributed by atoms with Crippen LogP contribution in [0.4, 0.5) is 14.6 Å². The Balaban J connectivity index is 1.40. The first kappa shape index (κ1) is 28.6. The van der Waals surface area contributed by atoms with E-state index in [2.05, 4.69) is 32.4 Å². The van der Waals surface area contributed by atoms with Gasteiger partial charge in [-0.25, -0.2) is 13.8 Å². The number of benzene rings is 2. The van der Waals surface area contributed by atoms with Crippen molar-refractivity contribution in [2.75, 3.05) is 31.1 Å². The van der Waals surface area contributed by atoms with E-state index in [-0.39, 0.29) is 23.6 Å². The van der Waals surface area contributed by atoms with Crippen LogP contribution in [0.25, 0.3) is 5.57 Å². The molecule has 1 aromatic heterocycles. The van der Waals surface area contributed by atoms with Crippen LogP contribution in [0.15, 0.2) is 82.9 Å². The van der Waals surface area contributed by atoms with Gasteiger partial charge in [-0.15, -0.1) is 0 Å². The van der Waals surface area contributed by atoms with Gasteiger partial charge >= 0.3 is 0 Å². The zero-order chi connectivity index (χ0) is 27.8. The molecule has 1 aliphatic rings. The summed E-state index contributed by atoms with van der Waals surface area (Å²) >= 11 is 3.49. The molecule has 204 valence electrons. The molecule has 39 heavy (non-hydrogen) atoms. The maximum absolute atomic E-state index is 13.5. The summed E-state index contributed by atoms with van der Waals surface area (Å²) in [6.07, 6.45) is 4.11. The van der Waals surface area contributed by atoms with Gasteiger partial charge in [0.15, 0.2) is 0 Å². The van der Waals surface area contributed by atoms with Crippen LogP contribution in [-0.4, -0.2) is 53.7 Å². The molecule has 1 unspecified atom stereocenters. The summed E-state index contributed by atoms with van der Waals surface area (Å²) in [4.78, 5) is 26.6. The minimum absolute atomic E-state index is 0.126. The zero-order valence-electron chi connectivity index (χ0n) is 22.1. The number of hydrogen-bond acceptors (Lipinski definition) is 4. The molecule has 1 amide bonds. The molecule has 3 aromatic rings. The van der Waals surface area contributed by atoms with Crippen LogP contribution in [0.5, 0.6) is 0 Å². The molecule has 0 bridgehead atoms. The molecular formula is C31H33BrF2N4O. The Morgan fingerprint density at radius 1 is 1.00 bits per heavy atom. The summed E-state index contributed by atoms with van der Waals surface area (Å²) in [5.74, 6) is 0.424. The van der Waals surface area contributed by atoms with Crippen LogP contribution in [-0.2, 0) is 4.79 Å². The number of rotatable bonds is 10. The Kier molecular flexibility index (Phi) is 9.98. The van der Waals surface area contributed by atoms with Crippen molar-refractivity contribution in [1.82, 2.24) is 9.88 Å². The topological polar surface area (TPSA) is 48.8 Å². The summed E-state index contributed by atoms with van der Waals surface area (Å²) in [5.41, 5.74) is 3.27. The number of piperazine rings is 1. The van der Waals surface area contributed by atoms with Crippen molar-refractivity contribution in [3.05, 3.63) is 101 Å². The Bertz CT molecular complexity index is 1300. The molecule has 4 rings (SSSR count). The number of hydrogen-bond donors (Lipinski definition) is 0. The third kappa shape index (κ3) is 7.82. The maximum Gasteiger partial charge on any atom is 0.222 e. The molecule has 1 saturated heterocycles. The second-order valence-corrected chi connectivity index (χ2v) is 10.5. The quantitative estimate of drug-likeness (QED) is 0.239. The summed E-state index contributed by atoms with van der Waals surface area (Å²) in [6, 6.07) is 16.1. The van der Waals surface area contributed by atoms with Crippen molar-refractivity contribution >= 4 is 38.9 Å². The van der Waals surface area contributed by atoms with E-state index < -0.39 is 0 Å². The molecule has 0 radical (unpaired) electrons. The van der Waals surface area contributed by atoms with Crippen molar-refractivity contribution in [3.63, 3.8) is 0 Å². The highest BCUT2D eigenvalue weighted by Crippen LogP contribution is 2.25. The van der Waals surface area contributed by atoms with Crippen LogP contribution in [0.3, 0.4) is 0 Å². The number of nitrogens with zero attached hydrogens (tertiary/aromatic N) is 4. The highest BCUT2D eigenvalue weighted by molar-refractivity contribution is 9.10. The number of aliphatic imine (C=N–C) groups is 1. The van der Waals surface area contributed by atoms with Crippen LogP contribution < -0.4 is 4.90 Å². The first-order valence-electron chi connectivity index (χ1n) is 13.3. The highest BCUT2D eigenvalue weighted by atomic mass is 79.9. The lowest BCUT2D eigenvalue weighted by Gasteiger charge is -2.35. The lowest BCUT2D eigenvalue weighted by atomic mass is 9.95. The monoisotopic (exact) mass is 594 g/mol.